The molecule has 0 heterocycles. The maximum atomic E-state index is 9.35. The Kier molecular flexibility index (Phi) is 5.62. The van der Waals surface area contributed by atoms with Crippen LogP contribution in [0.4, 0.5) is 0 Å². The van der Waals surface area contributed by atoms with E-state index in [2.05, 4.69) is 31.2 Å². The molecule has 0 amide bonds. The van der Waals surface area contributed by atoms with Crippen molar-refractivity contribution in [3.8, 4) is 0 Å². The summed E-state index contributed by atoms with van der Waals surface area (Å²) < 4.78 is 0. The molecule has 0 spiro atoms. The number of rotatable bonds is 7. The lowest BCUT2D eigenvalue weighted by molar-refractivity contribution is 0.198. The molecule has 2 atom stereocenters. The van der Waals surface area contributed by atoms with E-state index in [1.807, 2.05) is 0 Å². The van der Waals surface area contributed by atoms with Gasteiger partial charge in [0.2, 0.25) is 0 Å². The molecule has 1 fully saturated rings. The van der Waals surface area contributed by atoms with Crippen molar-refractivity contribution in [2.45, 2.75) is 69.7 Å². The molecular formula is C18H29NO. The van der Waals surface area contributed by atoms with Crippen molar-refractivity contribution < 1.29 is 5.11 Å². The normalized spacial score (nSPS) is 26.1. The lowest BCUT2D eigenvalue weighted by Crippen LogP contribution is -2.40. The quantitative estimate of drug-likeness (QED) is 0.744. The van der Waals surface area contributed by atoms with E-state index in [1.54, 1.807) is 0 Å². The minimum Gasteiger partial charge on any atom is -0.394 e. The van der Waals surface area contributed by atoms with E-state index in [0.717, 1.165) is 19.3 Å². The largest absolute Gasteiger partial charge is 0.394 e. The summed E-state index contributed by atoms with van der Waals surface area (Å²) in [6, 6.07) is 9.08. The molecule has 20 heavy (non-hydrogen) atoms. The van der Waals surface area contributed by atoms with E-state index in [0.29, 0.717) is 5.92 Å². The highest BCUT2D eigenvalue weighted by molar-refractivity contribution is 5.27. The van der Waals surface area contributed by atoms with Crippen molar-refractivity contribution in [1.82, 2.24) is 0 Å². The number of aliphatic hydroxyl groups excluding tert-OH is 1. The Labute approximate surface area is 123 Å². The molecule has 1 saturated carbocycles. The highest BCUT2D eigenvalue weighted by Gasteiger charge is 2.35. The molecule has 1 aliphatic rings. The minimum atomic E-state index is -0.344. The van der Waals surface area contributed by atoms with Gasteiger partial charge in [-0.25, -0.2) is 0 Å². The number of nitrogens with two attached hydrogens (primary N) is 1. The second-order valence-corrected chi connectivity index (χ2v) is 6.51. The van der Waals surface area contributed by atoms with Crippen LogP contribution >= 0.6 is 0 Å². The zero-order valence-corrected chi connectivity index (χ0v) is 12.8. The number of hydrogen-bond donors (Lipinski definition) is 2. The monoisotopic (exact) mass is 275 g/mol. The standard InChI is InChI=1S/C18H29NO/c1-2-3-4-5-6-15-7-9-16(10-8-15)17-11-12-18(19,13-17)14-20/h7-10,17,20H,2-6,11-14,19H2,1H3/t17-,18-/m1/s1. The highest BCUT2D eigenvalue weighted by Crippen LogP contribution is 2.39. The SMILES string of the molecule is CCCCCCc1ccc([C@@H]2CC[C@](N)(CO)C2)cc1. The average molecular weight is 275 g/mol. The molecule has 2 nitrogen and oxygen atoms in total. The van der Waals surface area contributed by atoms with Gasteiger partial charge in [-0.2, -0.15) is 0 Å². The van der Waals surface area contributed by atoms with E-state index >= 15 is 0 Å². The fraction of sp³-hybridized carbons (Fsp3) is 0.667. The highest BCUT2D eigenvalue weighted by atomic mass is 16.3. The first-order valence-electron chi connectivity index (χ1n) is 8.15. The predicted molar refractivity (Wildman–Crippen MR) is 84.9 cm³/mol. The number of benzene rings is 1. The van der Waals surface area contributed by atoms with Gasteiger partial charge in [0.1, 0.15) is 0 Å². The van der Waals surface area contributed by atoms with Gasteiger partial charge in [-0.3, -0.25) is 0 Å². The van der Waals surface area contributed by atoms with Crippen LogP contribution in [-0.4, -0.2) is 17.3 Å². The summed E-state index contributed by atoms with van der Waals surface area (Å²) in [5, 5.41) is 9.35. The van der Waals surface area contributed by atoms with Crippen molar-refractivity contribution in [2.75, 3.05) is 6.61 Å². The summed E-state index contributed by atoms with van der Waals surface area (Å²) in [6.07, 6.45) is 9.44. The number of hydrogen-bond acceptors (Lipinski definition) is 2. The molecule has 3 N–H and O–H groups in total. The fourth-order valence-corrected chi connectivity index (χ4v) is 3.30. The summed E-state index contributed by atoms with van der Waals surface area (Å²) >= 11 is 0. The molecule has 0 aliphatic heterocycles. The Balaban J connectivity index is 1.86. The zero-order chi connectivity index (χ0) is 14.4. The zero-order valence-electron chi connectivity index (χ0n) is 12.8. The molecule has 0 saturated heterocycles. The van der Waals surface area contributed by atoms with Gasteiger partial charge in [0.05, 0.1) is 6.61 Å². The molecule has 0 aromatic heterocycles. The first kappa shape index (κ1) is 15.5. The van der Waals surface area contributed by atoms with Crippen LogP contribution < -0.4 is 5.73 Å². The maximum absolute atomic E-state index is 9.35. The van der Waals surface area contributed by atoms with E-state index in [4.69, 9.17) is 5.73 Å². The average Bonchev–Trinajstić information content (AvgIpc) is 2.88. The molecule has 1 aliphatic carbocycles. The third kappa shape index (κ3) is 4.07. The van der Waals surface area contributed by atoms with Crippen molar-refractivity contribution in [2.24, 2.45) is 5.73 Å². The smallest absolute Gasteiger partial charge is 0.0611 e. The molecular weight excluding hydrogens is 246 g/mol. The Morgan fingerprint density at radius 3 is 2.55 bits per heavy atom. The number of aryl methyl sites for hydroxylation is 1. The van der Waals surface area contributed by atoms with Gasteiger partial charge in [0.25, 0.3) is 0 Å². The third-order valence-corrected chi connectivity index (χ3v) is 4.73. The minimum absolute atomic E-state index is 0.110. The maximum Gasteiger partial charge on any atom is 0.0611 e. The van der Waals surface area contributed by atoms with Crippen LogP contribution in [-0.2, 0) is 6.42 Å². The molecule has 0 radical (unpaired) electrons. The summed E-state index contributed by atoms with van der Waals surface area (Å²) in [6.45, 7) is 2.36. The van der Waals surface area contributed by atoms with Gasteiger partial charge < -0.3 is 10.8 Å². The summed E-state index contributed by atoms with van der Waals surface area (Å²) in [5.41, 5.74) is 8.66. The Morgan fingerprint density at radius 2 is 1.95 bits per heavy atom. The lowest BCUT2D eigenvalue weighted by atomic mass is 9.92. The van der Waals surface area contributed by atoms with Gasteiger partial charge in [-0.05, 0) is 49.1 Å². The van der Waals surface area contributed by atoms with Gasteiger partial charge in [-0.15, -0.1) is 0 Å². The van der Waals surface area contributed by atoms with E-state index in [1.165, 1.54) is 43.2 Å². The van der Waals surface area contributed by atoms with E-state index < -0.39 is 0 Å². The summed E-state index contributed by atoms with van der Waals surface area (Å²) in [7, 11) is 0. The molecule has 2 heteroatoms. The molecule has 112 valence electrons. The second kappa shape index (κ2) is 7.24. The van der Waals surface area contributed by atoms with Gasteiger partial charge in [0.15, 0.2) is 0 Å². The lowest BCUT2D eigenvalue weighted by Gasteiger charge is -2.21. The summed E-state index contributed by atoms with van der Waals surface area (Å²) in [5.74, 6) is 0.529. The van der Waals surface area contributed by atoms with Crippen molar-refractivity contribution in [1.29, 1.82) is 0 Å². The fourth-order valence-electron chi connectivity index (χ4n) is 3.30. The van der Waals surface area contributed by atoms with Crippen molar-refractivity contribution >= 4 is 0 Å². The van der Waals surface area contributed by atoms with E-state index in [9.17, 15) is 5.11 Å². The Morgan fingerprint density at radius 1 is 1.20 bits per heavy atom. The molecule has 1 aromatic rings. The number of unbranched alkanes of at least 4 members (excludes halogenated alkanes) is 3. The van der Waals surface area contributed by atoms with Crippen LogP contribution in [0.3, 0.4) is 0 Å². The van der Waals surface area contributed by atoms with Gasteiger partial charge in [0, 0.05) is 5.54 Å². The van der Waals surface area contributed by atoms with Crippen LogP contribution in [0.2, 0.25) is 0 Å². The van der Waals surface area contributed by atoms with Crippen molar-refractivity contribution in [3.63, 3.8) is 0 Å². The topological polar surface area (TPSA) is 46.2 Å². The van der Waals surface area contributed by atoms with Crippen LogP contribution in [0, 0.1) is 0 Å². The third-order valence-electron chi connectivity index (χ3n) is 4.73. The van der Waals surface area contributed by atoms with E-state index in [-0.39, 0.29) is 12.1 Å². The Hall–Kier alpha value is -0.860. The Bertz CT molecular complexity index is 400. The van der Waals surface area contributed by atoms with Crippen LogP contribution in [0.1, 0.15) is 68.9 Å². The van der Waals surface area contributed by atoms with Crippen LogP contribution in [0.5, 0.6) is 0 Å². The number of aliphatic hydroxyl groups is 1. The molecule has 1 aromatic carbocycles. The second-order valence-electron chi connectivity index (χ2n) is 6.51. The van der Waals surface area contributed by atoms with Gasteiger partial charge >= 0.3 is 0 Å². The first-order chi connectivity index (χ1) is 9.67. The van der Waals surface area contributed by atoms with Crippen LogP contribution in [0.15, 0.2) is 24.3 Å². The van der Waals surface area contributed by atoms with Crippen LogP contribution in [0.25, 0.3) is 0 Å². The molecule has 0 unspecified atom stereocenters. The predicted octanol–water partition coefficient (Wildman–Crippen LogP) is 3.77. The first-order valence-corrected chi connectivity index (χ1v) is 8.15. The summed E-state index contributed by atoms with van der Waals surface area (Å²) in [4.78, 5) is 0. The molecule has 0 bridgehead atoms. The van der Waals surface area contributed by atoms with Crippen molar-refractivity contribution in [3.05, 3.63) is 35.4 Å². The molecule has 2 rings (SSSR count). The van der Waals surface area contributed by atoms with Gasteiger partial charge in [-0.1, -0.05) is 50.5 Å².